The first-order valence-electron chi connectivity index (χ1n) is 8.14. The molecule has 0 atom stereocenters. The molecule has 0 aliphatic rings. The smallest absolute Gasteiger partial charge is 0.251 e. The standard InChI is InChI=1S/C19H19N3O3S/c1-12-15(22-19(25-12)16-4-3-9-26-16)10-17(23)21-11-13-5-7-14(8-6-13)18(24)20-2/h3-9H,10-11H2,1-2H3,(H,20,24)(H,21,23). The Labute approximate surface area is 155 Å². The van der Waals surface area contributed by atoms with Crippen LogP contribution in [-0.2, 0) is 17.8 Å². The molecule has 7 heteroatoms. The van der Waals surface area contributed by atoms with Crippen molar-refractivity contribution in [3.8, 4) is 10.8 Å². The monoisotopic (exact) mass is 369 g/mol. The zero-order valence-corrected chi connectivity index (χ0v) is 15.4. The van der Waals surface area contributed by atoms with Crippen molar-refractivity contribution in [3.05, 3.63) is 64.4 Å². The van der Waals surface area contributed by atoms with Gasteiger partial charge >= 0.3 is 0 Å². The zero-order chi connectivity index (χ0) is 18.5. The second kappa shape index (κ2) is 7.97. The van der Waals surface area contributed by atoms with Crippen LogP contribution in [0.1, 0.15) is 27.4 Å². The van der Waals surface area contributed by atoms with E-state index in [1.165, 1.54) is 0 Å². The first kappa shape index (κ1) is 17.9. The quantitative estimate of drug-likeness (QED) is 0.700. The molecular formula is C19H19N3O3S. The van der Waals surface area contributed by atoms with E-state index >= 15 is 0 Å². The topological polar surface area (TPSA) is 84.2 Å². The predicted molar refractivity (Wildman–Crippen MR) is 99.9 cm³/mol. The van der Waals surface area contributed by atoms with Crippen LogP contribution >= 0.6 is 11.3 Å². The first-order valence-corrected chi connectivity index (χ1v) is 9.02. The molecule has 3 aromatic rings. The van der Waals surface area contributed by atoms with Crippen LogP contribution in [0.2, 0.25) is 0 Å². The van der Waals surface area contributed by atoms with Crippen molar-refractivity contribution in [1.82, 2.24) is 15.6 Å². The number of aryl methyl sites for hydroxylation is 1. The SMILES string of the molecule is CNC(=O)c1ccc(CNC(=O)Cc2nc(-c3cccs3)oc2C)cc1. The lowest BCUT2D eigenvalue weighted by Gasteiger charge is -2.06. The van der Waals surface area contributed by atoms with Gasteiger partial charge in [-0.05, 0) is 36.1 Å². The van der Waals surface area contributed by atoms with Crippen molar-refractivity contribution in [2.45, 2.75) is 19.9 Å². The lowest BCUT2D eigenvalue weighted by Crippen LogP contribution is -2.25. The number of thiophene rings is 1. The Bertz CT molecular complexity index is 899. The van der Waals surface area contributed by atoms with Gasteiger partial charge in [0.15, 0.2) is 0 Å². The third kappa shape index (κ3) is 4.18. The van der Waals surface area contributed by atoms with E-state index in [4.69, 9.17) is 4.42 Å². The molecule has 0 aliphatic heterocycles. The van der Waals surface area contributed by atoms with Crippen molar-refractivity contribution < 1.29 is 14.0 Å². The van der Waals surface area contributed by atoms with E-state index < -0.39 is 0 Å². The van der Waals surface area contributed by atoms with Crippen molar-refractivity contribution in [3.63, 3.8) is 0 Å². The molecule has 0 unspecified atom stereocenters. The summed E-state index contributed by atoms with van der Waals surface area (Å²) in [7, 11) is 1.59. The Morgan fingerprint density at radius 2 is 1.96 bits per heavy atom. The van der Waals surface area contributed by atoms with E-state index in [9.17, 15) is 9.59 Å². The fourth-order valence-electron chi connectivity index (χ4n) is 2.43. The number of rotatable bonds is 6. The van der Waals surface area contributed by atoms with Crippen molar-refractivity contribution in [1.29, 1.82) is 0 Å². The van der Waals surface area contributed by atoms with E-state index in [-0.39, 0.29) is 18.2 Å². The third-order valence-electron chi connectivity index (χ3n) is 3.89. The number of oxazole rings is 1. The molecular weight excluding hydrogens is 350 g/mol. The molecule has 0 fully saturated rings. The maximum Gasteiger partial charge on any atom is 0.251 e. The van der Waals surface area contributed by atoms with Gasteiger partial charge in [0.1, 0.15) is 5.76 Å². The third-order valence-corrected chi connectivity index (χ3v) is 4.74. The van der Waals surface area contributed by atoms with Crippen LogP contribution in [0.25, 0.3) is 10.8 Å². The Balaban J connectivity index is 1.57. The summed E-state index contributed by atoms with van der Waals surface area (Å²) in [5.74, 6) is 0.932. The average Bonchev–Trinajstić information content (AvgIpc) is 3.30. The molecule has 2 N–H and O–H groups in total. The fraction of sp³-hybridized carbons (Fsp3) is 0.211. The van der Waals surface area contributed by atoms with Crippen LogP contribution in [0.4, 0.5) is 0 Å². The second-order valence-corrected chi connectivity index (χ2v) is 6.68. The van der Waals surface area contributed by atoms with Gasteiger partial charge in [0.05, 0.1) is 17.0 Å². The molecule has 2 heterocycles. The van der Waals surface area contributed by atoms with E-state index in [2.05, 4.69) is 15.6 Å². The summed E-state index contributed by atoms with van der Waals surface area (Å²) >= 11 is 1.54. The van der Waals surface area contributed by atoms with Gasteiger partial charge < -0.3 is 15.1 Å². The normalized spacial score (nSPS) is 10.5. The number of benzene rings is 1. The highest BCUT2D eigenvalue weighted by Gasteiger charge is 2.15. The number of carbonyl (C=O) groups is 2. The Kier molecular flexibility index (Phi) is 5.48. The molecule has 3 rings (SSSR count). The molecule has 6 nitrogen and oxygen atoms in total. The molecule has 0 saturated carbocycles. The van der Waals surface area contributed by atoms with Gasteiger partial charge in [0.2, 0.25) is 11.8 Å². The Morgan fingerprint density at radius 1 is 1.19 bits per heavy atom. The lowest BCUT2D eigenvalue weighted by molar-refractivity contribution is -0.120. The van der Waals surface area contributed by atoms with Crippen LogP contribution in [-0.4, -0.2) is 23.8 Å². The van der Waals surface area contributed by atoms with E-state index in [0.29, 0.717) is 29.5 Å². The van der Waals surface area contributed by atoms with Crippen LogP contribution in [0.15, 0.2) is 46.2 Å². The van der Waals surface area contributed by atoms with E-state index in [0.717, 1.165) is 10.4 Å². The zero-order valence-electron chi connectivity index (χ0n) is 14.5. The number of nitrogens with one attached hydrogen (secondary N) is 2. The highest BCUT2D eigenvalue weighted by atomic mass is 32.1. The van der Waals surface area contributed by atoms with Crippen LogP contribution in [0, 0.1) is 6.92 Å². The second-order valence-electron chi connectivity index (χ2n) is 5.73. The number of hydrogen-bond acceptors (Lipinski definition) is 5. The molecule has 134 valence electrons. The summed E-state index contributed by atoms with van der Waals surface area (Å²) in [6, 6.07) is 11.0. The summed E-state index contributed by atoms with van der Waals surface area (Å²) in [5.41, 5.74) is 2.14. The van der Waals surface area contributed by atoms with Gasteiger partial charge in [0, 0.05) is 19.2 Å². The minimum atomic E-state index is -0.136. The van der Waals surface area contributed by atoms with Crippen LogP contribution in [0.3, 0.4) is 0 Å². The molecule has 0 saturated heterocycles. The van der Waals surface area contributed by atoms with Gasteiger partial charge in [-0.15, -0.1) is 11.3 Å². The summed E-state index contributed by atoms with van der Waals surface area (Å²) in [6.07, 6.45) is 0.164. The molecule has 0 aliphatic carbocycles. The van der Waals surface area contributed by atoms with E-state index in [1.54, 1.807) is 30.5 Å². The average molecular weight is 369 g/mol. The van der Waals surface area contributed by atoms with Crippen molar-refractivity contribution >= 4 is 23.2 Å². The highest BCUT2D eigenvalue weighted by Crippen LogP contribution is 2.26. The number of nitrogens with zero attached hydrogens (tertiary/aromatic N) is 1. The number of aromatic nitrogens is 1. The molecule has 26 heavy (non-hydrogen) atoms. The van der Waals surface area contributed by atoms with Gasteiger partial charge in [-0.25, -0.2) is 4.98 Å². The highest BCUT2D eigenvalue weighted by molar-refractivity contribution is 7.13. The number of amides is 2. The van der Waals surface area contributed by atoms with Crippen molar-refractivity contribution in [2.24, 2.45) is 0 Å². The minimum Gasteiger partial charge on any atom is -0.440 e. The largest absolute Gasteiger partial charge is 0.440 e. The van der Waals surface area contributed by atoms with Gasteiger partial charge in [-0.2, -0.15) is 0 Å². The number of hydrogen-bond donors (Lipinski definition) is 2. The molecule has 1 aromatic carbocycles. The molecule has 0 radical (unpaired) electrons. The molecule has 2 amide bonds. The van der Waals surface area contributed by atoms with Crippen molar-refractivity contribution in [2.75, 3.05) is 7.05 Å². The maximum absolute atomic E-state index is 12.2. The summed E-state index contributed by atoms with van der Waals surface area (Å²) in [6.45, 7) is 2.20. The van der Waals surface area contributed by atoms with Gasteiger partial charge in [-0.3, -0.25) is 9.59 Å². The summed E-state index contributed by atoms with van der Waals surface area (Å²) in [4.78, 5) is 29.1. The summed E-state index contributed by atoms with van der Waals surface area (Å²) in [5, 5.41) is 7.39. The number of carbonyl (C=O) groups excluding carboxylic acids is 2. The van der Waals surface area contributed by atoms with Gasteiger partial charge in [0.25, 0.3) is 5.91 Å². The predicted octanol–water partition coefficient (Wildman–Crippen LogP) is 2.93. The van der Waals surface area contributed by atoms with Gasteiger partial charge in [-0.1, -0.05) is 18.2 Å². The van der Waals surface area contributed by atoms with Crippen LogP contribution in [0.5, 0.6) is 0 Å². The first-order chi connectivity index (χ1) is 12.6. The Morgan fingerprint density at radius 3 is 2.62 bits per heavy atom. The molecule has 0 spiro atoms. The Hall–Kier alpha value is -2.93. The van der Waals surface area contributed by atoms with E-state index in [1.807, 2.05) is 36.6 Å². The van der Waals surface area contributed by atoms with Crippen LogP contribution < -0.4 is 10.6 Å². The summed E-state index contributed by atoms with van der Waals surface area (Å²) < 4.78 is 5.65. The fourth-order valence-corrected chi connectivity index (χ4v) is 3.08. The minimum absolute atomic E-state index is 0.130. The maximum atomic E-state index is 12.2. The molecule has 2 aromatic heterocycles. The lowest BCUT2D eigenvalue weighted by atomic mass is 10.1. The molecule has 0 bridgehead atoms.